The number of para-hydroxylation sites is 1. The van der Waals surface area contributed by atoms with Gasteiger partial charge in [0.15, 0.2) is 0 Å². The molecule has 2 aliphatic heterocycles. The maximum atomic E-state index is 13.0. The van der Waals surface area contributed by atoms with Crippen molar-refractivity contribution in [2.24, 2.45) is 0 Å². The van der Waals surface area contributed by atoms with Gasteiger partial charge >= 0.3 is 6.36 Å². The van der Waals surface area contributed by atoms with Crippen molar-refractivity contribution >= 4 is 17.5 Å². The van der Waals surface area contributed by atoms with Gasteiger partial charge in [0, 0.05) is 43.8 Å². The number of halogens is 3. The lowest BCUT2D eigenvalue weighted by Gasteiger charge is -2.33. The number of carbonyl (C=O) groups is 2. The van der Waals surface area contributed by atoms with Crippen molar-refractivity contribution in [2.75, 3.05) is 25.5 Å². The van der Waals surface area contributed by atoms with Crippen LogP contribution in [0.15, 0.2) is 54.6 Å². The molecule has 35 heavy (non-hydrogen) atoms. The summed E-state index contributed by atoms with van der Waals surface area (Å²) in [6.07, 6.45) is -3.09. The lowest BCUT2D eigenvalue weighted by atomic mass is 10.0. The molecule has 2 aromatic carbocycles. The highest BCUT2D eigenvalue weighted by Gasteiger charge is 2.45. The normalized spacial score (nSPS) is 23.3. The largest absolute Gasteiger partial charge is 0.573 e. The van der Waals surface area contributed by atoms with Crippen LogP contribution in [0.4, 0.5) is 18.9 Å². The van der Waals surface area contributed by atoms with Crippen molar-refractivity contribution in [1.82, 2.24) is 15.1 Å². The second kappa shape index (κ2) is 10.7. The summed E-state index contributed by atoms with van der Waals surface area (Å²) in [5.74, 6) is -0.453. The van der Waals surface area contributed by atoms with Gasteiger partial charge in [0.2, 0.25) is 11.8 Å². The number of hydrogen-bond donors (Lipinski definition) is 2. The molecule has 3 atom stereocenters. The summed E-state index contributed by atoms with van der Waals surface area (Å²) in [6, 6.07) is 14.6. The van der Waals surface area contributed by atoms with Gasteiger partial charge in [-0.3, -0.25) is 19.4 Å². The molecule has 2 saturated heterocycles. The van der Waals surface area contributed by atoms with E-state index in [9.17, 15) is 22.8 Å². The third-order valence-corrected chi connectivity index (χ3v) is 6.63. The fraction of sp³-hybridized carbons (Fsp3) is 0.440. The lowest BCUT2D eigenvalue weighted by molar-refractivity contribution is -0.274. The fourth-order valence-corrected chi connectivity index (χ4v) is 4.94. The molecule has 4 rings (SSSR count). The van der Waals surface area contributed by atoms with Crippen LogP contribution in [0.2, 0.25) is 0 Å². The molecule has 2 amide bonds. The molecule has 0 bridgehead atoms. The molecular weight excluding hydrogens is 461 g/mol. The molecule has 2 aliphatic rings. The minimum atomic E-state index is -4.76. The third kappa shape index (κ3) is 6.52. The van der Waals surface area contributed by atoms with Crippen LogP contribution >= 0.6 is 0 Å². The van der Waals surface area contributed by atoms with Gasteiger partial charge in [-0.2, -0.15) is 0 Å². The molecule has 2 N–H and O–H groups in total. The number of nitrogens with one attached hydrogen (secondary N) is 2. The van der Waals surface area contributed by atoms with E-state index in [-0.39, 0.29) is 29.6 Å². The van der Waals surface area contributed by atoms with E-state index >= 15 is 0 Å². The molecule has 188 valence electrons. The number of likely N-dealkylation sites (N-methyl/N-ethyl adjacent to an activating group) is 1. The molecule has 0 aromatic heterocycles. The van der Waals surface area contributed by atoms with Gasteiger partial charge in [0.25, 0.3) is 0 Å². The van der Waals surface area contributed by atoms with Crippen molar-refractivity contribution < 1.29 is 27.5 Å². The van der Waals surface area contributed by atoms with E-state index in [1.807, 2.05) is 42.3 Å². The van der Waals surface area contributed by atoms with Crippen LogP contribution in [-0.4, -0.2) is 66.2 Å². The summed E-state index contributed by atoms with van der Waals surface area (Å²) in [5, 5.41) is 5.89. The van der Waals surface area contributed by atoms with Gasteiger partial charge < -0.3 is 15.4 Å². The van der Waals surface area contributed by atoms with E-state index in [1.165, 1.54) is 18.2 Å². The van der Waals surface area contributed by atoms with E-state index in [4.69, 9.17) is 0 Å². The van der Waals surface area contributed by atoms with Crippen molar-refractivity contribution in [1.29, 1.82) is 0 Å². The number of rotatable bonds is 7. The summed E-state index contributed by atoms with van der Waals surface area (Å²) in [5.41, 5.74) is 1.39. The van der Waals surface area contributed by atoms with E-state index in [2.05, 4.69) is 20.3 Å². The zero-order valence-corrected chi connectivity index (χ0v) is 19.4. The van der Waals surface area contributed by atoms with Crippen LogP contribution in [0.1, 0.15) is 24.8 Å². The number of fused-ring (bicyclic) bond motifs is 1. The predicted octanol–water partition coefficient (Wildman–Crippen LogP) is 3.38. The number of benzene rings is 2. The van der Waals surface area contributed by atoms with Crippen LogP contribution in [-0.2, 0) is 16.1 Å². The summed E-state index contributed by atoms with van der Waals surface area (Å²) < 4.78 is 41.8. The minimum absolute atomic E-state index is 0.000984. The number of alkyl halides is 3. The summed E-state index contributed by atoms with van der Waals surface area (Å²) in [4.78, 5) is 29.6. The quantitative estimate of drug-likeness (QED) is 0.623. The minimum Gasteiger partial charge on any atom is -0.406 e. The molecule has 2 heterocycles. The standard InChI is InChI=1S/C25H29F3N4O3/c1-31-19(10-11-22(33)30-18-7-3-2-4-8-18)15-29-24(34)23-21(31)12-13-32(23)16-17-6-5-9-20(14-17)35-25(26,27)28/h2-9,14,19,21,23H,10-13,15-16H2,1H3,(H,29,34)(H,30,33)/t19-,21-,23-/m0/s1. The Bertz CT molecular complexity index is 1030. The lowest BCUT2D eigenvalue weighted by Crippen LogP contribution is -2.49. The number of nitrogens with zero attached hydrogens (tertiary/aromatic N) is 2. The van der Waals surface area contributed by atoms with Gasteiger partial charge in [0.1, 0.15) is 11.8 Å². The van der Waals surface area contributed by atoms with Gasteiger partial charge in [-0.05, 0) is 49.7 Å². The number of amides is 2. The highest BCUT2D eigenvalue weighted by atomic mass is 19.4. The first-order chi connectivity index (χ1) is 16.7. The average molecular weight is 491 g/mol. The first-order valence-corrected chi connectivity index (χ1v) is 11.6. The Morgan fingerprint density at radius 3 is 2.69 bits per heavy atom. The van der Waals surface area contributed by atoms with E-state index in [1.54, 1.807) is 6.07 Å². The second-order valence-electron chi connectivity index (χ2n) is 8.98. The molecular formula is C25H29F3N4O3. The Labute approximate surface area is 202 Å². The van der Waals surface area contributed by atoms with Crippen LogP contribution in [0, 0.1) is 0 Å². The van der Waals surface area contributed by atoms with Crippen LogP contribution in [0.25, 0.3) is 0 Å². The first-order valence-electron chi connectivity index (χ1n) is 11.6. The molecule has 2 aromatic rings. The van der Waals surface area contributed by atoms with Crippen LogP contribution < -0.4 is 15.4 Å². The Hall–Kier alpha value is -3.11. The van der Waals surface area contributed by atoms with Gasteiger partial charge in [-0.15, -0.1) is 13.2 Å². The number of hydrogen-bond acceptors (Lipinski definition) is 5. The molecule has 0 spiro atoms. The number of likely N-dealkylation sites (tertiary alicyclic amines) is 1. The highest BCUT2D eigenvalue weighted by Crippen LogP contribution is 2.30. The van der Waals surface area contributed by atoms with Crippen molar-refractivity contribution in [3.8, 4) is 5.75 Å². The topological polar surface area (TPSA) is 73.9 Å². The number of ether oxygens (including phenoxy) is 1. The summed E-state index contributed by atoms with van der Waals surface area (Å²) >= 11 is 0. The molecule has 10 heteroatoms. The van der Waals surface area contributed by atoms with E-state index < -0.39 is 12.4 Å². The molecule has 2 fully saturated rings. The third-order valence-electron chi connectivity index (χ3n) is 6.63. The Balaban J connectivity index is 1.37. The molecule has 0 unspecified atom stereocenters. The maximum Gasteiger partial charge on any atom is 0.573 e. The van der Waals surface area contributed by atoms with Gasteiger partial charge in [-0.25, -0.2) is 0 Å². The van der Waals surface area contributed by atoms with Crippen molar-refractivity contribution in [3.63, 3.8) is 0 Å². The van der Waals surface area contributed by atoms with Crippen molar-refractivity contribution in [3.05, 3.63) is 60.2 Å². The zero-order valence-electron chi connectivity index (χ0n) is 19.4. The molecule has 0 radical (unpaired) electrons. The Kier molecular flexibility index (Phi) is 7.61. The summed E-state index contributed by atoms with van der Waals surface area (Å²) in [6.45, 7) is 1.41. The monoisotopic (exact) mass is 490 g/mol. The van der Waals surface area contributed by atoms with Gasteiger partial charge in [-0.1, -0.05) is 30.3 Å². The van der Waals surface area contributed by atoms with Crippen LogP contribution in [0.3, 0.4) is 0 Å². The number of anilines is 1. The second-order valence-corrected chi connectivity index (χ2v) is 8.98. The Morgan fingerprint density at radius 1 is 1.17 bits per heavy atom. The number of carbonyl (C=O) groups excluding carboxylic acids is 2. The maximum absolute atomic E-state index is 13.0. The zero-order chi connectivity index (χ0) is 25.0. The molecule has 7 nitrogen and oxygen atoms in total. The smallest absolute Gasteiger partial charge is 0.406 e. The Morgan fingerprint density at radius 2 is 1.94 bits per heavy atom. The SMILES string of the molecule is CN1[C@@H](CCC(=O)Nc2ccccc2)CNC(=O)[C@@H]2[C@@H]1CCN2Cc1cccc(OC(F)(F)F)c1. The van der Waals surface area contributed by atoms with E-state index in [0.29, 0.717) is 38.0 Å². The molecule has 0 saturated carbocycles. The summed E-state index contributed by atoms with van der Waals surface area (Å²) in [7, 11) is 1.97. The van der Waals surface area contributed by atoms with E-state index in [0.717, 1.165) is 12.1 Å². The average Bonchev–Trinajstić information content (AvgIpc) is 3.17. The first kappa shape index (κ1) is 25.0. The predicted molar refractivity (Wildman–Crippen MR) is 125 cm³/mol. The van der Waals surface area contributed by atoms with Crippen LogP contribution in [0.5, 0.6) is 5.75 Å². The fourth-order valence-electron chi connectivity index (χ4n) is 4.94. The van der Waals surface area contributed by atoms with Gasteiger partial charge in [0.05, 0.1) is 0 Å². The highest BCUT2D eigenvalue weighted by molar-refractivity contribution is 5.90. The van der Waals surface area contributed by atoms with Crippen molar-refractivity contribution in [2.45, 2.75) is 50.3 Å². The molecule has 0 aliphatic carbocycles.